The van der Waals surface area contributed by atoms with Crippen molar-refractivity contribution in [2.24, 2.45) is 5.73 Å². The summed E-state index contributed by atoms with van der Waals surface area (Å²) >= 11 is 0. The molecule has 4 aromatic heterocycles. The molecule has 0 atom stereocenters. The number of aromatic nitrogens is 5. The van der Waals surface area contributed by atoms with Gasteiger partial charge in [-0.1, -0.05) is 38.5 Å². The Balaban J connectivity index is -0.000000554. The summed E-state index contributed by atoms with van der Waals surface area (Å²) in [6, 6.07) is 17.8. The van der Waals surface area contributed by atoms with Crippen LogP contribution in [0.15, 0.2) is 89.8 Å². The average Bonchev–Trinajstić information content (AvgIpc) is 3.13. The van der Waals surface area contributed by atoms with E-state index in [0.717, 1.165) is 6.42 Å². The first-order chi connectivity index (χ1) is 22.6. The van der Waals surface area contributed by atoms with Crippen LogP contribution in [-0.4, -0.2) is 69.5 Å². The van der Waals surface area contributed by atoms with E-state index in [1.807, 2.05) is 19.1 Å². The minimum Gasteiger partial charge on any atom is -0.870 e. The number of methoxy groups -OCH3 is 3. The standard InChI is InChI=1S/C10H9N3O2.C6H7N3.C6H4N2.C6H9O2.C5H10O2.K.H2O/c1-15-8-6-12-9(13-10(8)14)7-4-2-3-5-11-7;7-6(8)5-3-1-2-4-9-5;7-5-6-3-1-2-4-8-6;1-4-5(2)6(7)8-3;1-3-4-5(6)7-2;;/h2-6H,1H3,(H,12,13,14);1-4H,(H3,7,8);1-4H;2H,4H2,1,3H3;3-4H2,1-2H3;;1H2/q;;;-1;;+1;/p-1. The van der Waals surface area contributed by atoms with E-state index in [1.54, 1.807) is 74.0 Å². The quantitative estimate of drug-likeness (QED) is 0.0606. The Bertz CT molecular complexity index is 1590. The van der Waals surface area contributed by atoms with Crippen LogP contribution >= 0.6 is 0 Å². The molecule has 0 radical (unpaired) electrons. The first-order valence-corrected chi connectivity index (χ1v) is 14.0. The number of pyridine rings is 3. The van der Waals surface area contributed by atoms with Crippen LogP contribution in [-0.2, 0) is 19.1 Å². The van der Waals surface area contributed by atoms with Gasteiger partial charge in [0, 0.05) is 25.0 Å². The van der Waals surface area contributed by atoms with Gasteiger partial charge in [-0.25, -0.2) is 9.97 Å². The fourth-order valence-corrected chi connectivity index (χ4v) is 2.69. The number of hydrogen-bond acceptors (Lipinski definition) is 13. The van der Waals surface area contributed by atoms with Crippen molar-refractivity contribution in [3.8, 4) is 23.3 Å². The van der Waals surface area contributed by atoms with E-state index in [1.165, 1.54) is 27.5 Å². The molecule has 15 nitrogen and oxygen atoms in total. The van der Waals surface area contributed by atoms with Crippen molar-refractivity contribution in [2.45, 2.75) is 33.1 Å². The number of amidine groups is 1. The molecule has 0 bridgehead atoms. The fraction of sp³-hybridized carbons (Fsp3) is 0.242. The van der Waals surface area contributed by atoms with E-state index >= 15 is 0 Å². The van der Waals surface area contributed by atoms with Gasteiger partial charge in [0.15, 0.2) is 11.8 Å². The number of carbonyl (C=O) groups is 2. The first kappa shape index (κ1) is 48.8. The molecule has 0 aromatic carbocycles. The van der Waals surface area contributed by atoms with E-state index in [2.05, 4.69) is 34.4 Å². The molecule has 0 aliphatic rings. The molecular formula is C33H40KN8O7-. The van der Waals surface area contributed by atoms with Gasteiger partial charge in [0.25, 0.3) is 5.56 Å². The zero-order valence-electron chi connectivity index (χ0n) is 28.4. The van der Waals surface area contributed by atoms with Crippen molar-refractivity contribution in [1.82, 2.24) is 24.9 Å². The summed E-state index contributed by atoms with van der Waals surface area (Å²) in [5.41, 5.74) is 6.71. The van der Waals surface area contributed by atoms with E-state index < -0.39 is 5.97 Å². The summed E-state index contributed by atoms with van der Waals surface area (Å²) in [7, 11) is 4.13. The molecule has 5 N–H and O–H groups in total. The number of nitrogens with one attached hydrogen (secondary N) is 2. The smallest absolute Gasteiger partial charge is 0.870 e. The van der Waals surface area contributed by atoms with Crippen molar-refractivity contribution in [3.05, 3.63) is 113 Å². The molecule has 256 valence electrons. The van der Waals surface area contributed by atoms with Crippen LogP contribution in [0.2, 0.25) is 0 Å². The number of nitriles is 1. The molecule has 0 fully saturated rings. The van der Waals surface area contributed by atoms with Gasteiger partial charge in [-0.3, -0.25) is 31.5 Å². The number of hydrogen-bond donors (Lipinski definition) is 3. The zero-order valence-corrected chi connectivity index (χ0v) is 31.5. The maximum Gasteiger partial charge on any atom is 1.00 e. The number of esters is 2. The molecule has 0 aliphatic heterocycles. The van der Waals surface area contributed by atoms with Gasteiger partial charge < -0.3 is 35.2 Å². The molecule has 49 heavy (non-hydrogen) atoms. The molecule has 4 heterocycles. The van der Waals surface area contributed by atoms with Gasteiger partial charge in [-0.15, -0.1) is 5.57 Å². The summed E-state index contributed by atoms with van der Waals surface area (Å²) in [4.78, 5) is 50.2. The number of nitrogens with zero attached hydrogens (tertiary/aromatic N) is 5. The van der Waals surface area contributed by atoms with Crippen LogP contribution in [0.3, 0.4) is 0 Å². The summed E-state index contributed by atoms with van der Waals surface area (Å²) in [6.07, 6.45) is 8.17. The number of nitrogens with two attached hydrogens (primary N) is 1. The van der Waals surface area contributed by atoms with Crippen molar-refractivity contribution in [2.75, 3.05) is 21.3 Å². The normalized spacial score (nSPS) is 8.49. The number of aromatic amines is 1. The van der Waals surface area contributed by atoms with Gasteiger partial charge >= 0.3 is 57.4 Å². The van der Waals surface area contributed by atoms with Crippen molar-refractivity contribution >= 4 is 17.8 Å². The minimum absolute atomic E-state index is 0. The average molecular weight is 700 g/mol. The van der Waals surface area contributed by atoms with Crippen molar-refractivity contribution in [1.29, 1.82) is 10.7 Å². The molecular weight excluding hydrogens is 660 g/mol. The Morgan fingerprint density at radius 2 is 1.53 bits per heavy atom. The van der Waals surface area contributed by atoms with Gasteiger partial charge in [0.05, 0.1) is 27.5 Å². The van der Waals surface area contributed by atoms with Gasteiger partial charge in [-0.2, -0.15) is 5.26 Å². The van der Waals surface area contributed by atoms with Gasteiger partial charge in [0.2, 0.25) is 5.75 Å². The number of nitrogen functional groups attached to an aromatic ring is 1. The molecule has 0 amide bonds. The van der Waals surface area contributed by atoms with E-state index in [4.69, 9.17) is 27.7 Å². The van der Waals surface area contributed by atoms with E-state index in [-0.39, 0.29) is 85.5 Å². The number of H-pyrrole nitrogens is 1. The van der Waals surface area contributed by atoms with Gasteiger partial charge in [-0.05, 0) is 42.8 Å². The summed E-state index contributed by atoms with van der Waals surface area (Å²) in [5, 5.41) is 15.2. The van der Waals surface area contributed by atoms with E-state index in [0.29, 0.717) is 35.7 Å². The topological polar surface area (TPSA) is 250 Å². The molecule has 4 rings (SSSR count). The van der Waals surface area contributed by atoms with Gasteiger partial charge in [0.1, 0.15) is 29.0 Å². The molecule has 16 heteroatoms. The van der Waals surface area contributed by atoms with Crippen molar-refractivity contribution < 1.29 is 80.7 Å². The van der Waals surface area contributed by atoms with Crippen LogP contribution in [0, 0.1) is 23.3 Å². The summed E-state index contributed by atoms with van der Waals surface area (Å²) in [6.45, 7) is 8.91. The zero-order chi connectivity index (χ0) is 35.5. The second-order valence-corrected chi connectivity index (χ2v) is 8.50. The van der Waals surface area contributed by atoms with Crippen LogP contribution in [0.4, 0.5) is 0 Å². The third-order valence-electron chi connectivity index (χ3n) is 5.12. The van der Waals surface area contributed by atoms with Crippen LogP contribution < -0.4 is 67.4 Å². The van der Waals surface area contributed by atoms with Crippen LogP contribution in [0.25, 0.3) is 11.5 Å². The Kier molecular flexibility index (Phi) is 30.5. The molecule has 0 saturated carbocycles. The third kappa shape index (κ3) is 22.5. The Morgan fingerprint density at radius 1 is 0.939 bits per heavy atom. The second kappa shape index (κ2) is 30.7. The fourth-order valence-electron chi connectivity index (χ4n) is 2.69. The Labute approximate surface area is 328 Å². The predicted molar refractivity (Wildman–Crippen MR) is 178 cm³/mol. The molecule has 0 spiro atoms. The van der Waals surface area contributed by atoms with Crippen LogP contribution in [0.5, 0.6) is 5.75 Å². The Morgan fingerprint density at radius 3 is 1.84 bits per heavy atom. The van der Waals surface area contributed by atoms with Crippen molar-refractivity contribution in [3.63, 3.8) is 0 Å². The van der Waals surface area contributed by atoms with Crippen LogP contribution in [0.1, 0.15) is 44.5 Å². The van der Waals surface area contributed by atoms with E-state index in [9.17, 15) is 14.4 Å². The summed E-state index contributed by atoms with van der Waals surface area (Å²) < 4.78 is 13.5. The number of ether oxygens (including phenoxy) is 3. The predicted octanol–water partition coefficient (Wildman–Crippen LogP) is 0.875. The molecule has 4 aromatic rings. The molecule has 0 aliphatic carbocycles. The molecule has 0 saturated heterocycles. The number of rotatable bonds is 7. The summed E-state index contributed by atoms with van der Waals surface area (Å²) in [5.74, 6) is 0.0849. The largest absolute Gasteiger partial charge is 1.00 e. The SMILES string of the molecule is CCCC(=O)OC.COc1cnc(-c2ccccn2)[nH]c1=O.N#Cc1ccccn1.N=C(N)c1ccccn1.[CH-]=C(CC)C(=O)OC.[K+].[OH-]. The maximum absolute atomic E-state index is 11.4. The first-order valence-electron chi connectivity index (χ1n) is 14.0. The molecule has 0 unspecified atom stereocenters. The third-order valence-corrected chi connectivity index (χ3v) is 5.12. The number of carbonyl (C=O) groups excluding carboxylic acids is 2. The second-order valence-electron chi connectivity index (χ2n) is 8.50. The Hall–Kier alpha value is -4.63. The minimum atomic E-state index is -0.424. The monoisotopic (exact) mass is 699 g/mol. The maximum atomic E-state index is 11.4.